The first-order valence-corrected chi connectivity index (χ1v) is 24.2. The van der Waals surface area contributed by atoms with Crippen LogP contribution in [0, 0.1) is 5.92 Å². The molecule has 0 radical (unpaired) electrons. The van der Waals surface area contributed by atoms with Crippen molar-refractivity contribution in [3.05, 3.63) is 80.3 Å². The second-order valence-corrected chi connectivity index (χ2v) is 24.7. The van der Waals surface area contributed by atoms with Crippen LogP contribution in [0.2, 0.25) is 28.2 Å². The Kier molecular flexibility index (Phi) is 10.7. The van der Waals surface area contributed by atoms with Gasteiger partial charge in [-0.15, -0.1) is 0 Å². The zero-order valence-electron chi connectivity index (χ0n) is 33.4. The predicted molar refractivity (Wildman–Crippen MR) is 224 cm³/mol. The van der Waals surface area contributed by atoms with E-state index in [1.807, 2.05) is 41.3 Å². The Bertz CT molecular complexity index is 1840. The molecule has 1 aliphatic carbocycles. The van der Waals surface area contributed by atoms with Crippen molar-refractivity contribution in [3.63, 3.8) is 0 Å². The number of amides is 2. The molecule has 2 aromatic carbocycles. The fourth-order valence-corrected chi connectivity index (χ4v) is 11.4. The molecule has 1 saturated carbocycles. The van der Waals surface area contributed by atoms with E-state index in [0.29, 0.717) is 27.9 Å². The average Bonchev–Trinajstić information content (AvgIpc) is 3.46. The number of halogens is 2. The molecule has 3 fully saturated rings. The third-order valence-corrected chi connectivity index (χ3v) is 19.2. The second kappa shape index (κ2) is 14.5. The Morgan fingerprint density at radius 1 is 1.00 bits per heavy atom. The topological polar surface area (TPSA) is 68.7 Å². The van der Waals surface area contributed by atoms with Crippen molar-refractivity contribution in [2.24, 2.45) is 10.9 Å². The number of thioether (sulfide) groups is 1. The molecule has 292 valence electrons. The highest BCUT2D eigenvalue weighted by Gasteiger charge is 2.56. The van der Waals surface area contributed by atoms with Crippen LogP contribution in [0.5, 0.6) is 0 Å². The predicted octanol–water partition coefficient (Wildman–Crippen LogP) is 9.31. The molecule has 2 saturated heterocycles. The van der Waals surface area contributed by atoms with Crippen molar-refractivity contribution in [2.75, 3.05) is 32.8 Å². The van der Waals surface area contributed by atoms with Crippen LogP contribution >= 0.6 is 35.0 Å². The lowest BCUT2D eigenvalue weighted by molar-refractivity contribution is -0.145. The largest absolute Gasteiger partial charge is 0.416 e. The highest BCUT2D eigenvalue weighted by atomic mass is 35.5. The lowest BCUT2D eigenvalue weighted by Gasteiger charge is -2.44. The number of piperazine rings is 1. The summed E-state index contributed by atoms with van der Waals surface area (Å²) in [4.78, 5) is 44.4. The van der Waals surface area contributed by atoms with Crippen LogP contribution in [0.25, 0.3) is 0 Å². The van der Waals surface area contributed by atoms with Crippen LogP contribution in [0.1, 0.15) is 91.3 Å². The van der Waals surface area contributed by atoms with Crippen LogP contribution in [0.3, 0.4) is 0 Å². The summed E-state index contributed by atoms with van der Waals surface area (Å²) < 4.78 is 6.55. The van der Waals surface area contributed by atoms with Crippen LogP contribution in [0.15, 0.2) is 64.1 Å². The average molecular weight is 811 g/mol. The van der Waals surface area contributed by atoms with Crippen molar-refractivity contribution in [3.8, 4) is 0 Å². The maximum atomic E-state index is 15.0. The van der Waals surface area contributed by atoms with E-state index in [-0.39, 0.29) is 40.4 Å². The number of fused-ring (bicyclic) bond motifs is 1. The Hall–Kier alpha value is -2.34. The SMILES string of the molecule is CC(C)C1=C(C(=O)N2[C@H](C)CC[C@@H]2C(=O)N2CCN(CCO[Si](C)(C)C(C)(C)C)C3(CC3)C2)SC2=N[C@@](C)(c3ccc(Cl)cc3)[C@@H](c3ccc(Cl)cc3)N21. The van der Waals surface area contributed by atoms with E-state index in [2.05, 4.69) is 88.4 Å². The minimum Gasteiger partial charge on any atom is -0.416 e. The molecule has 0 aromatic heterocycles. The Balaban J connectivity index is 1.12. The molecule has 54 heavy (non-hydrogen) atoms. The lowest BCUT2D eigenvalue weighted by Crippen LogP contribution is -2.60. The molecule has 4 aliphatic heterocycles. The van der Waals surface area contributed by atoms with Crippen molar-refractivity contribution in [2.45, 2.75) is 121 Å². The molecule has 5 aliphatic rings. The summed E-state index contributed by atoms with van der Waals surface area (Å²) in [5.74, 6) is 0.0646. The molecule has 0 bridgehead atoms. The van der Waals surface area contributed by atoms with Crippen LogP contribution < -0.4 is 0 Å². The second-order valence-electron chi connectivity index (χ2n) is 18.1. The monoisotopic (exact) mass is 809 g/mol. The molecular formula is C42H57Cl2N5O3SSi. The number of allylic oxidation sites excluding steroid dienone is 1. The van der Waals surface area contributed by atoms with Gasteiger partial charge in [-0.1, -0.05) is 82.1 Å². The Morgan fingerprint density at radius 2 is 1.63 bits per heavy atom. The Labute approximate surface area is 337 Å². The number of likely N-dealkylation sites (tertiary alicyclic amines) is 1. The van der Waals surface area contributed by atoms with Gasteiger partial charge in [0.15, 0.2) is 13.5 Å². The first kappa shape index (κ1) is 39.9. The van der Waals surface area contributed by atoms with Gasteiger partial charge in [0.25, 0.3) is 5.91 Å². The smallest absolute Gasteiger partial charge is 0.263 e. The zero-order chi connectivity index (χ0) is 39.0. The van der Waals surface area contributed by atoms with E-state index in [1.165, 1.54) is 11.8 Å². The van der Waals surface area contributed by atoms with Gasteiger partial charge >= 0.3 is 0 Å². The molecule has 4 atom stereocenters. The number of benzene rings is 2. The maximum absolute atomic E-state index is 15.0. The quantitative estimate of drug-likeness (QED) is 0.236. The molecule has 12 heteroatoms. The van der Waals surface area contributed by atoms with Crippen LogP contribution in [0.4, 0.5) is 0 Å². The molecule has 2 aromatic rings. The molecule has 0 N–H and O–H groups in total. The zero-order valence-corrected chi connectivity index (χ0v) is 36.7. The summed E-state index contributed by atoms with van der Waals surface area (Å²) in [6.45, 7) is 23.9. The number of nitrogens with zero attached hydrogens (tertiary/aromatic N) is 5. The molecule has 7 rings (SSSR count). The van der Waals surface area contributed by atoms with E-state index >= 15 is 0 Å². The minimum absolute atomic E-state index is 0.0296. The minimum atomic E-state index is -1.82. The van der Waals surface area contributed by atoms with E-state index < -0.39 is 19.9 Å². The third-order valence-electron chi connectivity index (χ3n) is 13.1. The highest BCUT2D eigenvalue weighted by Crippen LogP contribution is 2.57. The lowest BCUT2D eigenvalue weighted by atomic mass is 9.81. The van der Waals surface area contributed by atoms with Gasteiger partial charge in [-0.05, 0) is 111 Å². The molecule has 1 spiro atoms. The summed E-state index contributed by atoms with van der Waals surface area (Å²) in [6.07, 6.45) is 3.69. The third kappa shape index (κ3) is 7.10. The van der Waals surface area contributed by atoms with Gasteiger partial charge in [-0.2, -0.15) is 0 Å². The van der Waals surface area contributed by atoms with E-state index in [1.54, 1.807) is 0 Å². The standard InChI is InChI=1S/C42H57Cl2N5O3SSi/c1-27(2)34-35(53-39-45-41(7,30-13-17-32(44)18-14-30)36(49(34)39)29-11-15-31(43)16-12-29)38(51)48-28(3)10-19-33(48)37(50)46-22-23-47(42(26-46)20-21-42)24-25-52-54(8,9)40(4,5)6/h11-18,27-28,33,36H,10,19-26H2,1-9H3/t28-,33-,36-,41+/m1/s1. The summed E-state index contributed by atoms with van der Waals surface area (Å²) in [5.41, 5.74) is 2.45. The number of carbonyl (C=O) groups excluding carboxylic acids is 2. The maximum Gasteiger partial charge on any atom is 0.263 e. The molecule has 8 nitrogen and oxygen atoms in total. The van der Waals surface area contributed by atoms with Crippen molar-refractivity contribution < 1.29 is 14.0 Å². The van der Waals surface area contributed by atoms with Crippen LogP contribution in [-0.4, -0.2) is 95.3 Å². The van der Waals surface area contributed by atoms with Crippen molar-refractivity contribution in [1.82, 2.24) is 19.6 Å². The normalized spacial score (nSPS) is 27.0. The summed E-state index contributed by atoms with van der Waals surface area (Å²) in [7, 11) is -1.82. The molecule has 0 unspecified atom stereocenters. The summed E-state index contributed by atoms with van der Waals surface area (Å²) in [6, 6.07) is 15.1. The Morgan fingerprint density at radius 3 is 2.22 bits per heavy atom. The van der Waals surface area contributed by atoms with E-state index in [0.717, 1.165) is 67.5 Å². The van der Waals surface area contributed by atoms with Crippen molar-refractivity contribution >= 4 is 60.3 Å². The van der Waals surface area contributed by atoms with Gasteiger partial charge in [0.1, 0.15) is 16.5 Å². The highest BCUT2D eigenvalue weighted by molar-refractivity contribution is 8.18. The first-order valence-electron chi connectivity index (χ1n) is 19.7. The number of hydrogen-bond donors (Lipinski definition) is 0. The number of hydrogen-bond acceptors (Lipinski definition) is 7. The number of rotatable bonds is 9. The van der Waals surface area contributed by atoms with Crippen LogP contribution in [-0.2, 0) is 19.6 Å². The van der Waals surface area contributed by atoms with Gasteiger partial charge in [-0.25, -0.2) is 4.99 Å². The summed E-state index contributed by atoms with van der Waals surface area (Å²) >= 11 is 14.2. The van der Waals surface area contributed by atoms with Crippen molar-refractivity contribution in [1.29, 1.82) is 0 Å². The molecular weight excluding hydrogens is 754 g/mol. The number of carbonyl (C=O) groups is 2. The van der Waals surface area contributed by atoms with E-state index in [9.17, 15) is 9.59 Å². The van der Waals surface area contributed by atoms with Gasteiger partial charge in [0.2, 0.25) is 5.91 Å². The van der Waals surface area contributed by atoms with Gasteiger partial charge in [0, 0.05) is 60.1 Å². The fraction of sp³-hybridized carbons (Fsp3) is 0.595. The van der Waals surface area contributed by atoms with E-state index in [4.69, 9.17) is 32.6 Å². The number of amidine groups is 1. The molecule has 4 heterocycles. The first-order chi connectivity index (χ1) is 25.4. The molecule has 2 amide bonds. The van der Waals surface area contributed by atoms with Gasteiger partial charge in [0.05, 0.1) is 6.04 Å². The van der Waals surface area contributed by atoms with Gasteiger partial charge < -0.3 is 19.1 Å². The number of aliphatic imine (C=N–C) groups is 1. The summed E-state index contributed by atoms with van der Waals surface area (Å²) in [5, 5.41) is 2.32. The fourth-order valence-electron chi connectivity index (χ4n) is 8.76. The van der Waals surface area contributed by atoms with Gasteiger partial charge in [-0.3, -0.25) is 14.5 Å².